The molecule has 4 aromatic carbocycles. The predicted octanol–water partition coefficient (Wildman–Crippen LogP) is 11.0. The summed E-state index contributed by atoms with van der Waals surface area (Å²) in [5, 5.41) is 2.63. The zero-order valence-electron chi connectivity index (χ0n) is 28.7. The van der Waals surface area contributed by atoms with Crippen molar-refractivity contribution in [3.63, 3.8) is 0 Å². The fourth-order valence-electron chi connectivity index (χ4n) is 10.7. The van der Waals surface area contributed by atoms with E-state index < -0.39 is 0 Å². The maximum atomic E-state index is 5.65. The summed E-state index contributed by atoms with van der Waals surface area (Å²) < 4.78 is 0. The maximum Gasteiger partial charge on any atom is 0.0686 e. The lowest BCUT2D eigenvalue weighted by Crippen LogP contribution is -2.29. The quantitative estimate of drug-likeness (QED) is 0.162. The second-order valence-corrected chi connectivity index (χ2v) is 15.4. The standard InChI is InChI=1S/C49H35N3/c1-4-13-34-28(10-1)22-31-25-37(34)49-38-26-32(23-29-11-2-5-14-35(29)38)47-42-18-7-16-40(50-42)46(31)41-17-8-19-43(51-41)48(45-21-9-20-44(47)52-45)33-24-30-12-3-6-15-36(30)39(49)27-33/h1-25,38-39,46-49H,26-27H2. The van der Waals surface area contributed by atoms with Gasteiger partial charge in [-0.1, -0.05) is 126 Å². The van der Waals surface area contributed by atoms with Crippen molar-refractivity contribution in [2.45, 2.75) is 48.3 Å². The molecule has 3 heteroatoms. The Labute approximate surface area is 303 Å². The van der Waals surface area contributed by atoms with Gasteiger partial charge < -0.3 is 0 Å². The number of allylic oxidation sites excluding steroid dienone is 2. The molecule has 3 nitrogen and oxygen atoms in total. The molecular weight excluding hydrogens is 631 g/mol. The summed E-state index contributed by atoms with van der Waals surface area (Å²) in [5.41, 5.74) is 17.3. The molecule has 7 heterocycles. The van der Waals surface area contributed by atoms with Crippen molar-refractivity contribution in [3.05, 3.63) is 218 Å². The molecule has 0 amide bonds. The molecule has 0 saturated carbocycles. The molecular formula is C49H35N3. The van der Waals surface area contributed by atoms with Crippen molar-refractivity contribution in [1.82, 2.24) is 15.0 Å². The van der Waals surface area contributed by atoms with Crippen molar-refractivity contribution in [3.8, 4) is 0 Å². The number of pyridine rings is 3. The molecule has 4 atom stereocenters. The molecule has 0 fully saturated rings. The summed E-state index contributed by atoms with van der Waals surface area (Å²) in [6.07, 6.45) is 6.84. The molecule has 0 N–H and O–H groups in total. The number of nitrogens with zero attached hydrogens (tertiary/aromatic N) is 3. The average Bonchev–Trinajstić information content (AvgIpc) is 3.18. The molecule has 7 aromatic rings. The van der Waals surface area contributed by atoms with Crippen LogP contribution in [0.15, 0.2) is 151 Å². The van der Waals surface area contributed by atoms with Gasteiger partial charge >= 0.3 is 0 Å². The van der Waals surface area contributed by atoms with Crippen LogP contribution in [0.4, 0.5) is 0 Å². The Bertz CT molecular complexity index is 2560. The van der Waals surface area contributed by atoms with Crippen LogP contribution in [0.3, 0.4) is 0 Å². The van der Waals surface area contributed by atoms with Crippen LogP contribution >= 0.6 is 0 Å². The first-order valence-electron chi connectivity index (χ1n) is 18.8. The van der Waals surface area contributed by atoms with Crippen LogP contribution in [0.1, 0.15) is 116 Å². The maximum absolute atomic E-state index is 5.65. The van der Waals surface area contributed by atoms with Gasteiger partial charge in [0, 0.05) is 0 Å². The van der Waals surface area contributed by atoms with Crippen LogP contribution in [0.2, 0.25) is 0 Å². The van der Waals surface area contributed by atoms with E-state index >= 15 is 0 Å². The van der Waals surface area contributed by atoms with E-state index in [0.29, 0.717) is 0 Å². The smallest absolute Gasteiger partial charge is 0.0686 e. The van der Waals surface area contributed by atoms with Gasteiger partial charge in [0.05, 0.1) is 51.9 Å². The van der Waals surface area contributed by atoms with Gasteiger partial charge in [-0.05, 0) is 111 Å². The SMILES string of the molecule is C1=C2CC(c3ccccc31)C1c3cc(cc4ccccc34)C3c4cccc(n4)C2c2cccc(n2)C(C2=Cc4ccccc4C1C2)c1cccc3n1. The first kappa shape index (κ1) is 28.7. The van der Waals surface area contributed by atoms with Crippen molar-refractivity contribution in [1.29, 1.82) is 0 Å². The molecule has 0 radical (unpaired) electrons. The normalized spacial score (nSPS) is 24.2. The van der Waals surface area contributed by atoms with Gasteiger partial charge in [-0.15, -0.1) is 0 Å². The highest BCUT2D eigenvalue weighted by molar-refractivity contribution is 5.88. The third kappa shape index (κ3) is 4.11. The highest BCUT2D eigenvalue weighted by Gasteiger charge is 2.43. The average molecular weight is 666 g/mol. The first-order chi connectivity index (χ1) is 25.7. The first-order valence-corrected chi connectivity index (χ1v) is 18.8. The molecule has 246 valence electrons. The topological polar surface area (TPSA) is 38.7 Å². The number of aromatic nitrogens is 3. The molecule has 4 aliphatic heterocycles. The van der Waals surface area contributed by atoms with Gasteiger partial charge in [-0.3, -0.25) is 15.0 Å². The minimum absolute atomic E-state index is 0.0709. The summed E-state index contributed by atoms with van der Waals surface area (Å²) in [5.74, 6) is 0.434. The van der Waals surface area contributed by atoms with Gasteiger partial charge in [0.25, 0.3) is 0 Å². The summed E-state index contributed by atoms with van der Waals surface area (Å²) in [6, 6.07) is 52.5. The number of benzene rings is 4. The van der Waals surface area contributed by atoms with Crippen molar-refractivity contribution in [2.75, 3.05) is 0 Å². The Hall–Kier alpha value is -5.93. The molecule has 2 aliphatic carbocycles. The lowest BCUT2D eigenvalue weighted by molar-refractivity contribution is 0.429. The molecule has 13 rings (SSSR count). The van der Waals surface area contributed by atoms with E-state index in [0.717, 1.165) is 47.0 Å². The highest BCUT2D eigenvalue weighted by Crippen LogP contribution is 2.58. The van der Waals surface area contributed by atoms with E-state index in [2.05, 4.69) is 152 Å². The number of hydrogen-bond acceptors (Lipinski definition) is 3. The van der Waals surface area contributed by atoms with E-state index in [4.69, 9.17) is 15.0 Å². The highest BCUT2D eigenvalue weighted by atomic mass is 14.8. The van der Waals surface area contributed by atoms with Crippen LogP contribution in [-0.2, 0) is 0 Å². The Balaban J connectivity index is 1.33. The lowest BCUT2D eigenvalue weighted by atomic mass is 9.61. The molecule has 0 saturated heterocycles. The van der Waals surface area contributed by atoms with E-state index in [9.17, 15) is 0 Å². The van der Waals surface area contributed by atoms with Gasteiger partial charge in [0.2, 0.25) is 0 Å². The van der Waals surface area contributed by atoms with Crippen LogP contribution < -0.4 is 0 Å². The van der Waals surface area contributed by atoms with Crippen LogP contribution in [0.25, 0.3) is 22.9 Å². The Morgan fingerprint density at radius 2 is 0.865 bits per heavy atom. The van der Waals surface area contributed by atoms with Crippen LogP contribution in [0, 0.1) is 0 Å². The van der Waals surface area contributed by atoms with E-state index in [-0.39, 0.29) is 35.5 Å². The zero-order valence-corrected chi connectivity index (χ0v) is 28.7. The third-order valence-corrected chi connectivity index (χ3v) is 12.8. The second-order valence-electron chi connectivity index (χ2n) is 15.4. The number of hydrogen-bond donors (Lipinski definition) is 0. The molecule has 3 aromatic heterocycles. The summed E-state index contributed by atoms with van der Waals surface area (Å²) in [4.78, 5) is 16.9. The summed E-state index contributed by atoms with van der Waals surface area (Å²) >= 11 is 0. The monoisotopic (exact) mass is 665 g/mol. The van der Waals surface area contributed by atoms with Gasteiger partial charge in [0.15, 0.2) is 0 Å². The minimum atomic E-state index is -0.128. The van der Waals surface area contributed by atoms with E-state index in [1.807, 2.05) is 0 Å². The predicted molar refractivity (Wildman–Crippen MR) is 208 cm³/mol. The second kappa shape index (κ2) is 10.8. The van der Waals surface area contributed by atoms with Gasteiger partial charge in [-0.25, -0.2) is 0 Å². The third-order valence-electron chi connectivity index (χ3n) is 12.8. The van der Waals surface area contributed by atoms with Gasteiger partial charge in [0.1, 0.15) is 0 Å². The van der Waals surface area contributed by atoms with Gasteiger partial charge in [-0.2, -0.15) is 0 Å². The fourth-order valence-corrected chi connectivity index (χ4v) is 10.7. The number of rotatable bonds is 0. The zero-order chi connectivity index (χ0) is 33.9. The van der Waals surface area contributed by atoms with E-state index in [1.165, 1.54) is 55.3 Å². The largest absolute Gasteiger partial charge is 0.256 e. The number of fused-ring (bicyclic) bond motifs is 3. The summed E-state index contributed by atoms with van der Waals surface area (Å²) in [7, 11) is 0. The molecule has 16 bridgehead atoms. The Morgan fingerprint density at radius 3 is 1.40 bits per heavy atom. The Kier molecular flexibility index (Phi) is 5.96. The fraction of sp³-hybridized carbons (Fsp3) is 0.163. The molecule has 52 heavy (non-hydrogen) atoms. The summed E-state index contributed by atoms with van der Waals surface area (Å²) in [6.45, 7) is 0. The van der Waals surface area contributed by atoms with Crippen molar-refractivity contribution >= 4 is 22.9 Å². The lowest BCUT2D eigenvalue weighted by Gasteiger charge is -2.43. The van der Waals surface area contributed by atoms with Crippen molar-refractivity contribution in [2.24, 2.45) is 0 Å². The Morgan fingerprint density at radius 1 is 0.404 bits per heavy atom. The molecule has 4 unspecified atom stereocenters. The van der Waals surface area contributed by atoms with Crippen molar-refractivity contribution < 1.29 is 0 Å². The molecule has 6 aliphatic rings. The minimum Gasteiger partial charge on any atom is -0.256 e. The molecule has 0 spiro atoms. The van der Waals surface area contributed by atoms with Crippen LogP contribution in [0.5, 0.6) is 0 Å². The van der Waals surface area contributed by atoms with E-state index in [1.54, 1.807) is 0 Å². The van der Waals surface area contributed by atoms with Crippen LogP contribution in [-0.4, -0.2) is 15.0 Å².